The highest BCUT2D eigenvalue weighted by Gasteiger charge is 2.27. The molecule has 0 bridgehead atoms. The lowest BCUT2D eigenvalue weighted by Crippen LogP contribution is -2.24. The van der Waals surface area contributed by atoms with Crippen LogP contribution in [0.2, 0.25) is 0 Å². The van der Waals surface area contributed by atoms with Crippen molar-refractivity contribution in [3.63, 3.8) is 0 Å². The Morgan fingerprint density at radius 2 is 1.54 bits per heavy atom. The van der Waals surface area contributed by atoms with Gasteiger partial charge in [0.2, 0.25) is 0 Å². The number of hydrogen-bond donors (Lipinski definition) is 0. The first-order valence-electron chi connectivity index (χ1n) is 13.9. The minimum Gasteiger partial charge on any atom is -0.491 e. The average molecular weight is 509 g/mol. The van der Waals surface area contributed by atoms with Gasteiger partial charge in [-0.25, -0.2) is 0 Å². The number of carbonyl (C=O) groups is 1. The highest BCUT2D eigenvalue weighted by molar-refractivity contribution is 5.70. The van der Waals surface area contributed by atoms with Gasteiger partial charge < -0.3 is 23.7 Å². The number of esters is 1. The van der Waals surface area contributed by atoms with Crippen LogP contribution in [0.25, 0.3) is 0 Å². The molecule has 3 fully saturated rings. The first kappa shape index (κ1) is 26.1. The zero-order valence-corrected chi connectivity index (χ0v) is 22.3. The van der Waals surface area contributed by atoms with Crippen molar-refractivity contribution in [1.82, 2.24) is 0 Å². The topological polar surface area (TPSA) is 69.8 Å². The average Bonchev–Trinajstić information content (AvgIpc) is 3.82. The Bertz CT molecular complexity index is 1030. The summed E-state index contributed by atoms with van der Waals surface area (Å²) in [5.74, 6) is 2.65. The quantitative estimate of drug-likeness (QED) is 0.254. The van der Waals surface area contributed by atoms with E-state index in [0.717, 1.165) is 56.0 Å². The van der Waals surface area contributed by atoms with Crippen molar-refractivity contribution in [2.75, 3.05) is 26.4 Å². The lowest BCUT2D eigenvalue weighted by atomic mass is 9.82. The van der Waals surface area contributed by atoms with E-state index in [2.05, 4.69) is 57.2 Å². The molecule has 0 radical (unpaired) electrons. The van der Waals surface area contributed by atoms with Crippen molar-refractivity contribution in [3.8, 4) is 11.5 Å². The Morgan fingerprint density at radius 1 is 0.892 bits per heavy atom. The second-order valence-electron chi connectivity index (χ2n) is 11.1. The highest BCUT2D eigenvalue weighted by atomic mass is 16.6. The van der Waals surface area contributed by atoms with Crippen molar-refractivity contribution in [3.05, 3.63) is 59.2 Å². The van der Waals surface area contributed by atoms with Crippen LogP contribution >= 0.6 is 0 Å². The molecular formula is C31H40O6. The maximum Gasteiger partial charge on any atom is 0.306 e. The van der Waals surface area contributed by atoms with Gasteiger partial charge in [0.1, 0.15) is 43.0 Å². The predicted molar refractivity (Wildman–Crippen MR) is 142 cm³/mol. The SMILES string of the molecule is CC(C)c1cc(C(C)CC(=O)OC2CCC(c3ccc(OCC4CO4)cc3)CC2)ccc1OCC1CO1. The molecule has 1 saturated carbocycles. The normalized spacial score (nSPS) is 25.4. The number of rotatable bonds is 12. The lowest BCUT2D eigenvalue weighted by Gasteiger charge is -2.29. The molecule has 3 aliphatic rings. The van der Waals surface area contributed by atoms with Crippen molar-refractivity contribution < 1.29 is 28.5 Å². The molecule has 0 spiro atoms. The van der Waals surface area contributed by atoms with Gasteiger partial charge in [-0.15, -0.1) is 0 Å². The first-order valence-corrected chi connectivity index (χ1v) is 13.9. The smallest absolute Gasteiger partial charge is 0.306 e. The molecule has 2 saturated heterocycles. The molecule has 200 valence electrons. The van der Waals surface area contributed by atoms with E-state index in [0.29, 0.717) is 31.5 Å². The van der Waals surface area contributed by atoms with Crippen LogP contribution in [-0.2, 0) is 19.0 Å². The number of benzene rings is 2. The summed E-state index contributed by atoms with van der Waals surface area (Å²) >= 11 is 0. The second kappa shape index (κ2) is 11.9. The molecule has 5 rings (SSSR count). The van der Waals surface area contributed by atoms with Gasteiger partial charge in [0, 0.05) is 0 Å². The second-order valence-corrected chi connectivity index (χ2v) is 11.1. The summed E-state index contributed by atoms with van der Waals surface area (Å²) in [6, 6.07) is 14.7. The van der Waals surface area contributed by atoms with E-state index in [1.807, 2.05) is 6.07 Å². The van der Waals surface area contributed by atoms with Gasteiger partial charge in [0.05, 0.1) is 19.6 Å². The van der Waals surface area contributed by atoms with Crippen LogP contribution in [0.5, 0.6) is 11.5 Å². The Labute approximate surface area is 220 Å². The van der Waals surface area contributed by atoms with Gasteiger partial charge >= 0.3 is 5.97 Å². The first-order chi connectivity index (χ1) is 17.9. The van der Waals surface area contributed by atoms with Gasteiger partial charge in [-0.3, -0.25) is 4.79 Å². The van der Waals surface area contributed by atoms with Crippen LogP contribution in [0, 0.1) is 0 Å². The fourth-order valence-corrected chi connectivity index (χ4v) is 5.11. The van der Waals surface area contributed by atoms with Crippen LogP contribution in [-0.4, -0.2) is 50.7 Å². The Morgan fingerprint density at radius 3 is 2.16 bits per heavy atom. The maximum atomic E-state index is 12.8. The highest BCUT2D eigenvalue weighted by Crippen LogP contribution is 2.36. The lowest BCUT2D eigenvalue weighted by molar-refractivity contribution is -0.151. The predicted octanol–water partition coefficient (Wildman–Crippen LogP) is 6.13. The number of hydrogen-bond acceptors (Lipinski definition) is 6. The van der Waals surface area contributed by atoms with Crippen molar-refractivity contribution >= 4 is 5.97 Å². The molecule has 2 heterocycles. The Balaban J connectivity index is 1.07. The van der Waals surface area contributed by atoms with E-state index in [1.165, 1.54) is 11.1 Å². The van der Waals surface area contributed by atoms with Gasteiger partial charge in [0.15, 0.2) is 0 Å². The third kappa shape index (κ3) is 7.48. The molecule has 0 amide bonds. The van der Waals surface area contributed by atoms with Gasteiger partial charge in [-0.05, 0) is 78.3 Å². The minimum absolute atomic E-state index is 0.0174. The summed E-state index contributed by atoms with van der Waals surface area (Å²) in [6.45, 7) is 9.26. The third-order valence-electron chi connectivity index (χ3n) is 7.69. The molecule has 6 nitrogen and oxygen atoms in total. The standard InChI is InChI=1S/C31H40O6/c1-20(2)29-15-24(8-13-30(29)36-19-28-18-35-28)21(3)14-31(32)37-26-11-6-23(7-12-26)22-4-9-25(10-5-22)33-16-27-17-34-27/h4-5,8-10,13,15,20-21,23,26-28H,6-7,11-12,14,16-19H2,1-3H3. The van der Waals surface area contributed by atoms with Gasteiger partial charge in [-0.1, -0.05) is 45.0 Å². The number of ether oxygens (including phenoxy) is 5. The molecule has 1 aliphatic carbocycles. The summed E-state index contributed by atoms with van der Waals surface area (Å²) < 4.78 is 28.1. The van der Waals surface area contributed by atoms with Crippen LogP contribution in [0.3, 0.4) is 0 Å². The zero-order chi connectivity index (χ0) is 25.8. The Hall–Kier alpha value is -2.57. The summed E-state index contributed by atoms with van der Waals surface area (Å²) in [4.78, 5) is 12.8. The molecule has 0 N–H and O–H groups in total. The molecule has 37 heavy (non-hydrogen) atoms. The monoisotopic (exact) mass is 508 g/mol. The van der Waals surface area contributed by atoms with Crippen molar-refractivity contribution in [2.45, 2.75) is 88.9 Å². The molecule has 2 aliphatic heterocycles. The van der Waals surface area contributed by atoms with Crippen molar-refractivity contribution in [1.29, 1.82) is 0 Å². The van der Waals surface area contributed by atoms with Crippen LogP contribution < -0.4 is 9.47 Å². The van der Waals surface area contributed by atoms with Gasteiger partial charge in [0.25, 0.3) is 0 Å². The molecule has 2 aromatic rings. The van der Waals surface area contributed by atoms with E-state index in [-0.39, 0.29) is 30.2 Å². The fraction of sp³-hybridized carbons (Fsp3) is 0.581. The Kier molecular flexibility index (Phi) is 8.36. The maximum absolute atomic E-state index is 12.8. The van der Waals surface area contributed by atoms with E-state index in [4.69, 9.17) is 23.7 Å². The van der Waals surface area contributed by atoms with E-state index in [9.17, 15) is 4.79 Å². The molecule has 3 unspecified atom stereocenters. The molecular weight excluding hydrogens is 468 g/mol. The third-order valence-corrected chi connectivity index (χ3v) is 7.69. The molecule has 2 aromatic carbocycles. The minimum atomic E-state index is -0.102. The zero-order valence-electron chi connectivity index (χ0n) is 22.3. The summed E-state index contributed by atoms with van der Waals surface area (Å²) in [5.41, 5.74) is 3.66. The number of epoxide rings is 2. The number of carbonyl (C=O) groups excluding carboxylic acids is 1. The fourth-order valence-electron chi connectivity index (χ4n) is 5.11. The van der Waals surface area contributed by atoms with Gasteiger partial charge in [-0.2, -0.15) is 0 Å². The van der Waals surface area contributed by atoms with E-state index < -0.39 is 0 Å². The molecule has 3 atom stereocenters. The largest absolute Gasteiger partial charge is 0.491 e. The summed E-state index contributed by atoms with van der Waals surface area (Å²) in [7, 11) is 0. The van der Waals surface area contributed by atoms with Crippen LogP contribution in [0.1, 0.15) is 87.3 Å². The van der Waals surface area contributed by atoms with Crippen LogP contribution in [0.15, 0.2) is 42.5 Å². The summed E-state index contributed by atoms with van der Waals surface area (Å²) in [6.07, 6.45) is 4.81. The summed E-state index contributed by atoms with van der Waals surface area (Å²) in [5, 5.41) is 0. The molecule has 6 heteroatoms. The van der Waals surface area contributed by atoms with E-state index >= 15 is 0 Å². The van der Waals surface area contributed by atoms with Crippen LogP contribution in [0.4, 0.5) is 0 Å². The van der Waals surface area contributed by atoms with E-state index in [1.54, 1.807) is 0 Å². The molecule has 0 aromatic heterocycles. The van der Waals surface area contributed by atoms with Crippen molar-refractivity contribution in [2.24, 2.45) is 0 Å².